The van der Waals surface area contributed by atoms with E-state index in [1.807, 2.05) is 12.1 Å². The average molecular weight is 253 g/mol. The zero-order chi connectivity index (χ0) is 13.2. The quantitative estimate of drug-likeness (QED) is 0.671. The van der Waals surface area contributed by atoms with Crippen molar-refractivity contribution in [1.82, 2.24) is 9.97 Å². The Morgan fingerprint density at radius 2 is 1.89 bits per heavy atom. The highest BCUT2D eigenvalue weighted by Gasteiger charge is 2.05. The third-order valence-electron chi connectivity index (χ3n) is 3.13. The molecule has 4 heteroatoms. The Morgan fingerprint density at radius 1 is 1.11 bits per heavy atom. The topological polar surface area (TPSA) is 74.9 Å². The second kappa shape index (κ2) is 4.74. The van der Waals surface area contributed by atoms with Crippen LogP contribution in [0.1, 0.15) is 5.56 Å². The average Bonchev–Trinajstić information content (AvgIpc) is 2.83. The van der Waals surface area contributed by atoms with Crippen LogP contribution in [-0.4, -0.2) is 21.6 Å². The van der Waals surface area contributed by atoms with E-state index in [0.717, 1.165) is 28.8 Å². The van der Waals surface area contributed by atoms with Gasteiger partial charge in [0.05, 0.1) is 11.0 Å². The van der Waals surface area contributed by atoms with Crippen molar-refractivity contribution in [2.24, 2.45) is 5.73 Å². The van der Waals surface area contributed by atoms with Gasteiger partial charge in [-0.2, -0.15) is 0 Å². The molecular weight excluding hydrogens is 238 g/mol. The summed E-state index contributed by atoms with van der Waals surface area (Å²) in [7, 11) is 0. The van der Waals surface area contributed by atoms with Gasteiger partial charge in [0.15, 0.2) is 0 Å². The molecule has 0 unspecified atom stereocenters. The van der Waals surface area contributed by atoms with Crippen molar-refractivity contribution in [3.63, 3.8) is 0 Å². The van der Waals surface area contributed by atoms with Gasteiger partial charge in [0.1, 0.15) is 11.6 Å². The minimum atomic E-state index is 0.237. The van der Waals surface area contributed by atoms with Crippen molar-refractivity contribution in [3.05, 3.63) is 48.0 Å². The molecule has 0 aliphatic rings. The summed E-state index contributed by atoms with van der Waals surface area (Å²) in [5.74, 6) is 1.04. The van der Waals surface area contributed by atoms with Gasteiger partial charge in [-0.3, -0.25) is 0 Å². The molecule has 3 aromatic rings. The van der Waals surface area contributed by atoms with Crippen LogP contribution < -0.4 is 5.73 Å². The molecule has 2 aromatic carbocycles. The third-order valence-corrected chi connectivity index (χ3v) is 3.13. The number of hydrogen-bond donors (Lipinski definition) is 3. The van der Waals surface area contributed by atoms with Gasteiger partial charge >= 0.3 is 0 Å². The van der Waals surface area contributed by atoms with Crippen LogP contribution in [0, 0.1) is 0 Å². The monoisotopic (exact) mass is 253 g/mol. The molecule has 0 amide bonds. The van der Waals surface area contributed by atoms with Crippen LogP contribution in [0.2, 0.25) is 0 Å². The molecule has 0 spiro atoms. The number of phenolic OH excluding ortho intramolecular Hbond substituents is 1. The molecule has 0 saturated carbocycles. The van der Waals surface area contributed by atoms with Crippen LogP contribution in [0.15, 0.2) is 42.5 Å². The number of fused-ring (bicyclic) bond motifs is 1. The Morgan fingerprint density at radius 3 is 2.63 bits per heavy atom. The Hall–Kier alpha value is -2.33. The molecule has 19 heavy (non-hydrogen) atoms. The summed E-state index contributed by atoms with van der Waals surface area (Å²) in [6.07, 6.45) is 0.883. The van der Waals surface area contributed by atoms with Crippen LogP contribution in [0.25, 0.3) is 22.4 Å². The molecule has 0 saturated heterocycles. The SMILES string of the molecule is NCCc1ccc(-c2nc3ccc(O)cc3[nH]2)cc1. The van der Waals surface area contributed by atoms with Crippen LogP contribution in [0.3, 0.4) is 0 Å². The summed E-state index contributed by atoms with van der Waals surface area (Å²) < 4.78 is 0. The fourth-order valence-electron chi connectivity index (χ4n) is 2.13. The molecule has 0 aliphatic carbocycles. The number of benzene rings is 2. The number of aromatic nitrogens is 2. The van der Waals surface area contributed by atoms with Crippen molar-refractivity contribution >= 4 is 11.0 Å². The van der Waals surface area contributed by atoms with E-state index in [1.165, 1.54) is 5.56 Å². The summed E-state index contributed by atoms with van der Waals surface area (Å²) in [6.45, 7) is 0.656. The van der Waals surface area contributed by atoms with Crippen molar-refractivity contribution in [1.29, 1.82) is 0 Å². The number of phenols is 1. The van der Waals surface area contributed by atoms with Gasteiger partial charge < -0.3 is 15.8 Å². The first kappa shape index (κ1) is 11.7. The largest absolute Gasteiger partial charge is 0.508 e. The van der Waals surface area contributed by atoms with Crippen LogP contribution >= 0.6 is 0 Å². The van der Waals surface area contributed by atoms with E-state index in [2.05, 4.69) is 22.1 Å². The normalized spacial score (nSPS) is 11.0. The van der Waals surface area contributed by atoms with Crippen LogP contribution in [0.5, 0.6) is 5.75 Å². The van der Waals surface area contributed by atoms with E-state index in [9.17, 15) is 5.11 Å². The third kappa shape index (κ3) is 2.30. The highest BCUT2D eigenvalue weighted by atomic mass is 16.3. The van der Waals surface area contributed by atoms with Gasteiger partial charge in [0.25, 0.3) is 0 Å². The predicted octanol–water partition coefficient (Wildman–Crippen LogP) is 2.44. The second-order valence-electron chi connectivity index (χ2n) is 4.52. The molecule has 1 heterocycles. The highest BCUT2D eigenvalue weighted by molar-refractivity contribution is 5.80. The van der Waals surface area contributed by atoms with E-state index in [-0.39, 0.29) is 5.75 Å². The lowest BCUT2D eigenvalue weighted by molar-refractivity contribution is 0.476. The number of nitrogens with zero attached hydrogens (tertiary/aromatic N) is 1. The van der Waals surface area contributed by atoms with Crippen LogP contribution in [0.4, 0.5) is 0 Å². The molecule has 96 valence electrons. The smallest absolute Gasteiger partial charge is 0.138 e. The molecule has 0 atom stereocenters. The van der Waals surface area contributed by atoms with E-state index in [4.69, 9.17) is 5.73 Å². The lowest BCUT2D eigenvalue weighted by atomic mass is 10.1. The summed E-state index contributed by atoms with van der Waals surface area (Å²) >= 11 is 0. The summed E-state index contributed by atoms with van der Waals surface area (Å²) in [4.78, 5) is 7.72. The Balaban J connectivity index is 1.99. The number of nitrogens with two attached hydrogens (primary N) is 1. The Labute approximate surface area is 110 Å². The first-order chi connectivity index (χ1) is 9.26. The van der Waals surface area contributed by atoms with Gasteiger partial charge in [-0.25, -0.2) is 4.98 Å². The first-order valence-electron chi connectivity index (χ1n) is 6.24. The molecule has 1 aromatic heterocycles. The van der Waals surface area contributed by atoms with Crippen molar-refractivity contribution in [3.8, 4) is 17.1 Å². The predicted molar refractivity (Wildman–Crippen MR) is 76.0 cm³/mol. The summed E-state index contributed by atoms with van der Waals surface area (Å²) in [5, 5.41) is 9.45. The van der Waals surface area contributed by atoms with E-state index in [0.29, 0.717) is 6.54 Å². The van der Waals surface area contributed by atoms with Gasteiger partial charge in [0, 0.05) is 11.6 Å². The first-order valence-corrected chi connectivity index (χ1v) is 6.24. The maximum atomic E-state index is 9.45. The molecule has 3 rings (SSSR count). The molecular formula is C15H15N3O. The van der Waals surface area contributed by atoms with Gasteiger partial charge in [0.2, 0.25) is 0 Å². The van der Waals surface area contributed by atoms with E-state index < -0.39 is 0 Å². The van der Waals surface area contributed by atoms with Crippen molar-refractivity contribution < 1.29 is 5.11 Å². The zero-order valence-corrected chi connectivity index (χ0v) is 10.4. The maximum absolute atomic E-state index is 9.45. The highest BCUT2D eigenvalue weighted by Crippen LogP contribution is 2.23. The van der Waals surface area contributed by atoms with Crippen LogP contribution in [-0.2, 0) is 6.42 Å². The number of rotatable bonds is 3. The Bertz CT molecular complexity index is 701. The number of nitrogens with one attached hydrogen (secondary N) is 1. The number of aromatic hydroxyl groups is 1. The molecule has 4 N–H and O–H groups in total. The van der Waals surface area contributed by atoms with Crippen molar-refractivity contribution in [2.75, 3.05) is 6.54 Å². The molecule has 0 radical (unpaired) electrons. The lowest BCUT2D eigenvalue weighted by Crippen LogP contribution is -2.02. The molecule has 4 nitrogen and oxygen atoms in total. The van der Waals surface area contributed by atoms with Gasteiger partial charge in [-0.1, -0.05) is 24.3 Å². The minimum Gasteiger partial charge on any atom is -0.508 e. The minimum absolute atomic E-state index is 0.237. The number of H-pyrrole nitrogens is 1. The standard InChI is InChI=1S/C15H15N3O/c16-8-7-10-1-3-11(4-2-10)15-17-13-6-5-12(19)9-14(13)18-15/h1-6,9,19H,7-8,16H2,(H,17,18). The van der Waals surface area contributed by atoms with Crippen molar-refractivity contribution in [2.45, 2.75) is 6.42 Å². The Kier molecular flexibility index (Phi) is 2.93. The maximum Gasteiger partial charge on any atom is 0.138 e. The van der Waals surface area contributed by atoms with Gasteiger partial charge in [-0.15, -0.1) is 0 Å². The summed E-state index contributed by atoms with van der Waals surface area (Å²) in [6, 6.07) is 13.3. The zero-order valence-electron chi connectivity index (χ0n) is 10.4. The fourth-order valence-corrected chi connectivity index (χ4v) is 2.13. The second-order valence-corrected chi connectivity index (χ2v) is 4.52. The molecule has 0 bridgehead atoms. The summed E-state index contributed by atoms with van der Waals surface area (Å²) in [5.41, 5.74) is 9.46. The fraction of sp³-hybridized carbons (Fsp3) is 0.133. The number of hydrogen-bond acceptors (Lipinski definition) is 3. The lowest BCUT2D eigenvalue weighted by Gasteiger charge is -2.00. The van der Waals surface area contributed by atoms with E-state index in [1.54, 1.807) is 18.2 Å². The molecule has 0 aliphatic heterocycles. The number of imidazole rings is 1. The number of aromatic amines is 1. The van der Waals surface area contributed by atoms with Gasteiger partial charge in [-0.05, 0) is 30.7 Å². The molecule has 0 fully saturated rings. The van der Waals surface area contributed by atoms with E-state index >= 15 is 0 Å².